The standard InChI is InChI=1S/C11H12Cl2N2S/c1-2-8-6-14-11(16-8)15-10-5-7(12)3-4-9(10)13/h3-5,8H,2,6H2,1H3,(H,14,15). The molecule has 1 aromatic carbocycles. The predicted molar refractivity (Wildman–Crippen MR) is 74.1 cm³/mol. The lowest BCUT2D eigenvalue weighted by molar-refractivity contribution is 0.843. The summed E-state index contributed by atoms with van der Waals surface area (Å²) in [5, 5.41) is 6.05. The number of nitrogens with one attached hydrogen (secondary N) is 1. The minimum Gasteiger partial charge on any atom is -0.334 e. The minimum atomic E-state index is 0.584. The fourth-order valence-corrected chi connectivity index (χ4v) is 2.69. The number of anilines is 1. The highest BCUT2D eigenvalue weighted by molar-refractivity contribution is 8.15. The van der Waals surface area contributed by atoms with E-state index in [-0.39, 0.29) is 0 Å². The Bertz CT molecular complexity index is 420. The Morgan fingerprint density at radius 1 is 1.50 bits per heavy atom. The van der Waals surface area contributed by atoms with Crippen LogP contribution in [0.1, 0.15) is 13.3 Å². The number of rotatable bonds is 2. The van der Waals surface area contributed by atoms with Gasteiger partial charge in [-0.15, -0.1) is 0 Å². The normalized spacial score (nSPS) is 19.7. The van der Waals surface area contributed by atoms with Gasteiger partial charge in [0.05, 0.1) is 17.3 Å². The van der Waals surface area contributed by atoms with Gasteiger partial charge in [0.1, 0.15) is 0 Å². The van der Waals surface area contributed by atoms with Crippen molar-refractivity contribution in [2.45, 2.75) is 18.6 Å². The number of halogens is 2. The van der Waals surface area contributed by atoms with Gasteiger partial charge in [0.15, 0.2) is 5.17 Å². The molecular weight excluding hydrogens is 263 g/mol. The van der Waals surface area contributed by atoms with Gasteiger partial charge in [0.25, 0.3) is 0 Å². The van der Waals surface area contributed by atoms with E-state index in [4.69, 9.17) is 23.2 Å². The fraction of sp³-hybridized carbons (Fsp3) is 0.364. The molecule has 0 radical (unpaired) electrons. The summed E-state index contributed by atoms with van der Waals surface area (Å²) in [6, 6.07) is 5.36. The molecule has 0 aliphatic carbocycles. The highest BCUT2D eigenvalue weighted by Crippen LogP contribution is 2.29. The van der Waals surface area contributed by atoms with Crippen LogP contribution in [-0.2, 0) is 0 Å². The van der Waals surface area contributed by atoms with Crippen molar-refractivity contribution in [3.63, 3.8) is 0 Å². The van der Waals surface area contributed by atoms with Gasteiger partial charge in [-0.2, -0.15) is 0 Å². The van der Waals surface area contributed by atoms with Gasteiger partial charge >= 0.3 is 0 Å². The van der Waals surface area contributed by atoms with Crippen molar-refractivity contribution in [2.24, 2.45) is 4.99 Å². The average Bonchev–Trinajstić information content (AvgIpc) is 2.71. The Kier molecular flexibility index (Phi) is 4.00. The molecule has 1 aliphatic heterocycles. The van der Waals surface area contributed by atoms with Crippen LogP contribution < -0.4 is 5.32 Å². The molecule has 0 spiro atoms. The molecule has 2 rings (SSSR count). The summed E-state index contributed by atoms with van der Waals surface area (Å²) in [5.41, 5.74) is 0.817. The van der Waals surface area contributed by atoms with Crippen molar-refractivity contribution in [3.05, 3.63) is 28.2 Å². The number of amidine groups is 1. The van der Waals surface area contributed by atoms with E-state index in [0.29, 0.717) is 15.3 Å². The predicted octanol–water partition coefficient (Wildman–Crippen LogP) is 4.29. The molecule has 1 aromatic rings. The van der Waals surface area contributed by atoms with Gasteiger partial charge in [-0.05, 0) is 24.6 Å². The van der Waals surface area contributed by atoms with Crippen LogP contribution in [0.15, 0.2) is 23.2 Å². The number of hydrogen-bond donors (Lipinski definition) is 1. The highest BCUT2D eigenvalue weighted by Gasteiger charge is 2.18. The van der Waals surface area contributed by atoms with Crippen LogP contribution in [-0.4, -0.2) is 17.0 Å². The van der Waals surface area contributed by atoms with Crippen LogP contribution in [0, 0.1) is 0 Å². The van der Waals surface area contributed by atoms with E-state index in [2.05, 4.69) is 17.2 Å². The second-order valence-corrected chi connectivity index (χ2v) is 5.68. The summed E-state index contributed by atoms with van der Waals surface area (Å²) in [7, 11) is 0. The molecule has 1 N–H and O–H groups in total. The summed E-state index contributed by atoms with van der Waals surface area (Å²) in [5.74, 6) is 0. The minimum absolute atomic E-state index is 0.584. The number of thioether (sulfide) groups is 1. The maximum Gasteiger partial charge on any atom is 0.161 e. The molecule has 1 heterocycles. The van der Waals surface area contributed by atoms with Crippen molar-refractivity contribution >= 4 is 45.8 Å². The number of benzene rings is 1. The zero-order valence-electron chi connectivity index (χ0n) is 8.84. The van der Waals surface area contributed by atoms with Gasteiger partial charge in [-0.25, -0.2) is 0 Å². The third-order valence-corrected chi connectivity index (χ3v) is 4.18. The Hall–Kier alpha value is -0.380. The van der Waals surface area contributed by atoms with Crippen LogP contribution >= 0.6 is 35.0 Å². The summed E-state index contributed by atoms with van der Waals surface area (Å²) >= 11 is 13.7. The molecule has 0 saturated carbocycles. The molecule has 5 heteroatoms. The maximum atomic E-state index is 6.06. The lowest BCUT2D eigenvalue weighted by Crippen LogP contribution is -2.07. The van der Waals surface area contributed by atoms with Crippen LogP contribution in [0.2, 0.25) is 10.0 Å². The van der Waals surface area contributed by atoms with E-state index in [1.54, 1.807) is 23.9 Å². The quantitative estimate of drug-likeness (QED) is 0.870. The molecular formula is C11H12Cl2N2S. The Morgan fingerprint density at radius 3 is 3.00 bits per heavy atom. The van der Waals surface area contributed by atoms with Crippen molar-refractivity contribution in [2.75, 3.05) is 11.9 Å². The van der Waals surface area contributed by atoms with Gasteiger partial charge in [-0.3, -0.25) is 4.99 Å². The first-order valence-corrected chi connectivity index (χ1v) is 6.75. The Labute approximate surface area is 109 Å². The molecule has 1 atom stereocenters. The van der Waals surface area contributed by atoms with Crippen LogP contribution in [0.5, 0.6) is 0 Å². The summed E-state index contributed by atoms with van der Waals surface area (Å²) in [6.07, 6.45) is 1.13. The van der Waals surface area contributed by atoms with E-state index in [0.717, 1.165) is 23.8 Å². The van der Waals surface area contributed by atoms with Crippen molar-refractivity contribution in [1.82, 2.24) is 0 Å². The van der Waals surface area contributed by atoms with Crippen molar-refractivity contribution in [3.8, 4) is 0 Å². The maximum absolute atomic E-state index is 6.06. The van der Waals surface area contributed by atoms with Crippen LogP contribution in [0.4, 0.5) is 5.69 Å². The second kappa shape index (κ2) is 5.30. The molecule has 16 heavy (non-hydrogen) atoms. The van der Waals surface area contributed by atoms with Gasteiger partial charge in [0, 0.05) is 10.3 Å². The molecule has 2 nitrogen and oxygen atoms in total. The van der Waals surface area contributed by atoms with Gasteiger partial charge < -0.3 is 5.32 Å². The first-order chi connectivity index (χ1) is 7.69. The zero-order valence-corrected chi connectivity index (χ0v) is 11.2. The molecule has 0 saturated heterocycles. The first kappa shape index (κ1) is 12.1. The molecule has 0 amide bonds. The van der Waals surface area contributed by atoms with E-state index < -0.39 is 0 Å². The molecule has 0 fully saturated rings. The largest absolute Gasteiger partial charge is 0.334 e. The fourth-order valence-electron chi connectivity index (χ4n) is 1.41. The smallest absolute Gasteiger partial charge is 0.161 e. The number of nitrogens with zero attached hydrogens (tertiary/aromatic N) is 1. The summed E-state index contributed by atoms with van der Waals surface area (Å²) in [4.78, 5) is 4.42. The van der Waals surface area contributed by atoms with Gasteiger partial charge in [-0.1, -0.05) is 41.9 Å². The van der Waals surface area contributed by atoms with E-state index >= 15 is 0 Å². The monoisotopic (exact) mass is 274 g/mol. The number of hydrogen-bond acceptors (Lipinski definition) is 3. The third kappa shape index (κ3) is 2.84. The molecule has 0 aromatic heterocycles. The van der Waals surface area contributed by atoms with E-state index in [9.17, 15) is 0 Å². The molecule has 0 bridgehead atoms. The highest BCUT2D eigenvalue weighted by atomic mass is 35.5. The van der Waals surface area contributed by atoms with E-state index in [1.165, 1.54) is 0 Å². The Morgan fingerprint density at radius 2 is 2.31 bits per heavy atom. The van der Waals surface area contributed by atoms with E-state index in [1.807, 2.05) is 6.07 Å². The van der Waals surface area contributed by atoms with Crippen LogP contribution in [0.25, 0.3) is 0 Å². The molecule has 1 aliphatic rings. The topological polar surface area (TPSA) is 24.4 Å². The second-order valence-electron chi connectivity index (χ2n) is 3.54. The van der Waals surface area contributed by atoms with Crippen LogP contribution in [0.3, 0.4) is 0 Å². The summed E-state index contributed by atoms with van der Waals surface area (Å²) < 4.78 is 0. The lowest BCUT2D eigenvalue weighted by atomic mass is 10.3. The molecule has 86 valence electrons. The lowest BCUT2D eigenvalue weighted by Gasteiger charge is -2.08. The summed E-state index contributed by atoms with van der Waals surface area (Å²) in [6.45, 7) is 3.05. The number of aliphatic imine (C=N–C) groups is 1. The van der Waals surface area contributed by atoms with Crippen molar-refractivity contribution < 1.29 is 0 Å². The van der Waals surface area contributed by atoms with Gasteiger partial charge in [0.2, 0.25) is 0 Å². The SMILES string of the molecule is CCC1CN=C(Nc2cc(Cl)ccc2Cl)S1. The average molecular weight is 275 g/mol. The zero-order chi connectivity index (χ0) is 11.5. The Balaban J connectivity index is 2.07. The third-order valence-electron chi connectivity index (χ3n) is 2.34. The first-order valence-electron chi connectivity index (χ1n) is 5.12. The molecule has 1 unspecified atom stereocenters. The van der Waals surface area contributed by atoms with Crippen molar-refractivity contribution in [1.29, 1.82) is 0 Å².